The molecule has 0 saturated carbocycles. The number of imidazole rings is 1. The Morgan fingerprint density at radius 3 is 2.00 bits per heavy atom. The molecule has 1 heterocycles. The molecule has 0 amide bonds. The number of aromatic nitrogens is 2. The minimum atomic E-state index is -2.93. The zero-order valence-corrected chi connectivity index (χ0v) is 23.4. The van der Waals surface area contributed by atoms with Crippen LogP contribution in [0.1, 0.15) is 57.1 Å². The highest BCUT2D eigenvalue weighted by Gasteiger charge is 2.50. The predicted molar refractivity (Wildman–Crippen MR) is 147 cm³/mol. The van der Waals surface area contributed by atoms with E-state index in [0.29, 0.717) is 0 Å². The summed E-state index contributed by atoms with van der Waals surface area (Å²) in [5, 5.41) is 1.81. The topological polar surface area (TPSA) is 79.7 Å². The molecule has 0 aliphatic carbocycles. The fourth-order valence-corrected chi connectivity index (χ4v) is 8.78. The number of esters is 1. The van der Waals surface area contributed by atoms with E-state index in [1.807, 2.05) is 36.4 Å². The van der Waals surface area contributed by atoms with Gasteiger partial charge in [0.2, 0.25) is 6.10 Å². The van der Waals surface area contributed by atoms with Gasteiger partial charge in [0.25, 0.3) is 8.32 Å². The minimum Gasteiger partial charge on any atom is -0.457 e. The van der Waals surface area contributed by atoms with Crippen molar-refractivity contribution in [2.24, 2.45) is 0 Å². The monoisotopic (exact) mass is 524 g/mol. The summed E-state index contributed by atoms with van der Waals surface area (Å²) in [6.07, 6.45) is -1.28. The van der Waals surface area contributed by atoms with Gasteiger partial charge in [0.15, 0.2) is 0 Å². The van der Waals surface area contributed by atoms with Crippen LogP contribution in [-0.2, 0) is 18.7 Å². The van der Waals surface area contributed by atoms with Gasteiger partial charge in [0.05, 0.1) is 0 Å². The molecular formula is C29H38N2O5Si. The molecule has 0 fully saturated rings. The Labute approximate surface area is 223 Å². The van der Waals surface area contributed by atoms with E-state index in [-0.39, 0.29) is 18.1 Å². The lowest BCUT2D eigenvalue weighted by Crippen LogP contribution is -2.66. The lowest BCUT2D eigenvalue weighted by Gasteiger charge is -2.43. The van der Waals surface area contributed by atoms with Crippen molar-refractivity contribution in [1.82, 2.24) is 9.55 Å². The van der Waals surface area contributed by atoms with E-state index in [1.54, 1.807) is 20.8 Å². The van der Waals surface area contributed by atoms with Gasteiger partial charge in [-0.25, -0.2) is 19.1 Å². The van der Waals surface area contributed by atoms with Crippen molar-refractivity contribution >= 4 is 30.8 Å². The predicted octanol–water partition coefficient (Wildman–Crippen LogP) is 4.93. The first kappa shape index (κ1) is 25.4. The molecule has 0 aliphatic rings. The van der Waals surface area contributed by atoms with Gasteiger partial charge in [-0.1, -0.05) is 81.4 Å². The molecular weight excluding hydrogens is 484 g/mol. The van der Waals surface area contributed by atoms with Gasteiger partial charge in [0.1, 0.15) is 11.9 Å². The van der Waals surface area contributed by atoms with Crippen molar-refractivity contribution in [3.8, 4) is 0 Å². The molecule has 0 saturated heterocycles. The van der Waals surface area contributed by atoms with Crippen LogP contribution in [0.5, 0.6) is 0 Å². The molecule has 1 atom stereocenters. The number of ether oxygens (including phenoxy) is 2. The van der Waals surface area contributed by atoms with Crippen LogP contribution in [-0.4, -0.2) is 48.2 Å². The lowest BCUT2D eigenvalue weighted by molar-refractivity contribution is -0.165. The minimum absolute atomic E-state index is 0.0117. The molecule has 3 aromatic rings. The number of benzene rings is 2. The molecule has 1 aromatic heterocycles. The molecule has 37 heavy (non-hydrogen) atoms. The largest absolute Gasteiger partial charge is 0.457 e. The van der Waals surface area contributed by atoms with Gasteiger partial charge in [-0.2, -0.15) is 0 Å². The maximum atomic E-state index is 13.1. The fourth-order valence-electron chi connectivity index (χ4n) is 4.21. The number of hydrogen-bond donors (Lipinski definition) is 0. The average Bonchev–Trinajstić information content (AvgIpc) is 3.39. The van der Waals surface area contributed by atoms with Crippen LogP contribution in [0.3, 0.4) is 0 Å². The van der Waals surface area contributed by atoms with Gasteiger partial charge in [0, 0.05) is 21.7 Å². The van der Waals surface area contributed by atoms with Gasteiger partial charge in [-0.05, 0) is 49.0 Å². The van der Waals surface area contributed by atoms with Gasteiger partial charge >= 0.3 is 12.1 Å². The second-order valence-electron chi connectivity index (χ2n) is 10.7. The Morgan fingerprint density at radius 2 is 1.54 bits per heavy atom. The van der Waals surface area contributed by atoms with Crippen LogP contribution in [0.4, 0.5) is 4.79 Å². The molecule has 0 spiro atoms. The Balaban J connectivity index is 1.92. The molecule has 0 N–H and O–H groups in total. The number of rotatable bonds is 9. The third kappa shape index (κ3) is 7.17. The molecule has 1 unspecified atom stereocenters. The molecule has 2 aromatic carbocycles. The maximum Gasteiger partial charge on any atom is 0.420 e. The Bertz CT molecular complexity index is 1180. The second kappa shape index (κ2) is 11.9. The Kier molecular flexibility index (Phi) is 8.16. The first-order valence-electron chi connectivity index (χ1n) is 13.3. The van der Waals surface area contributed by atoms with Gasteiger partial charge < -0.3 is 13.9 Å². The molecule has 0 bridgehead atoms. The number of carbonyl (C=O) groups excluding carboxylic acids is 2. The van der Waals surface area contributed by atoms with Crippen LogP contribution in [0.25, 0.3) is 0 Å². The second-order valence-corrected chi connectivity index (χ2v) is 15.0. The first-order chi connectivity index (χ1) is 18.2. The average molecular weight is 525 g/mol. The standard InChI is InChI=1S/C29H38N2O5Si/c1-28(2,3)36-26(32)25(35-27(33)31-20-19-30-22-31)18-13-21-34-37(29(4,5)6,23-14-9-7-10-15-23)24-16-11-8-12-17-24/h7-12,14-17,19-20,22,25H,13,18,21H2,1-6H3/i18D2. The van der Waals surface area contributed by atoms with Crippen LogP contribution in [0.15, 0.2) is 79.4 Å². The fraction of sp³-hybridized carbons (Fsp3) is 0.414. The first-order valence-corrected chi connectivity index (χ1v) is 14.2. The summed E-state index contributed by atoms with van der Waals surface area (Å²) >= 11 is 0. The van der Waals surface area contributed by atoms with Gasteiger partial charge in [-0.3, -0.25) is 0 Å². The molecule has 7 nitrogen and oxygen atoms in total. The smallest absolute Gasteiger partial charge is 0.420 e. The molecule has 3 rings (SSSR count). The third-order valence-electron chi connectivity index (χ3n) is 5.72. The van der Waals surface area contributed by atoms with E-state index >= 15 is 0 Å². The maximum absolute atomic E-state index is 13.1. The third-order valence-corrected chi connectivity index (χ3v) is 10.8. The van der Waals surface area contributed by atoms with E-state index in [0.717, 1.165) is 14.9 Å². The Morgan fingerprint density at radius 1 is 0.973 bits per heavy atom. The normalized spacial score (nSPS) is 14.3. The Hall–Kier alpha value is -3.23. The SMILES string of the molecule is [2H]C([2H])(CCO[Si](c1ccccc1)(c1ccccc1)C(C)(C)C)C(OC(=O)n1ccnc1)C(=O)OC(C)(C)C. The lowest BCUT2D eigenvalue weighted by atomic mass is 10.1. The molecule has 8 heteroatoms. The van der Waals surface area contributed by atoms with E-state index in [1.165, 1.54) is 18.7 Å². The number of nitrogens with zero attached hydrogens (tertiary/aromatic N) is 2. The van der Waals surface area contributed by atoms with Crippen LogP contribution in [0, 0.1) is 0 Å². The summed E-state index contributed by atoms with van der Waals surface area (Å²) in [6.45, 7) is 11.4. The zero-order valence-electron chi connectivity index (χ0n) is 24.4. The van der Waals surface area contributed by atoms with Gasteiger partial charge in [-0.15, -0.1) is 0 Å². The summed E-state index contributed by atoms with van der Waals surface area (Å²) in [4.78, 5) is 29.6. The van der Waals surface area contributed by atoms with Crippen molar-refractivity contribution in [2.75, 3.05) is 6.61 Å². The van der Waals surface area contributed by atoms with Crippen molar-refractivity contribution in [2.45, 2.75) is 71.1 Å². The van der Waals surface area contributed by atoms with E-state index in [2.05, 4.69) is 50.0 Å². The molecule has 0 radical (unpaired) electrons. The quantitative estimate of drug-likeness (QED) is 0.292. The van der Waals surface area contributed by atoms with Crippen molar-refractivity contribution in [3.05, 3.63) is 79.4 Å². The summed E-state index contributed by atoms with van der Waals surface area (Å²) in [7, 11) is -2.93. The van der Waals surface area contributed by atoms with Crippen LogP contribution >= 0.6 is 0 Å². The highest BCUT2D eigenvalue weighted by Crippen LogP contribution is 2.36. The van der Waals surface area contributed by atoms with Crippen molar-refractivity contribution < 1.29 is 26.2 Å². The van der Waals surface area contributed by atoms with Crippen molar-refractivity contribution in [3.63, 3.8) is 0 Å². The van der Waals surface area contributed by atoms with Crippen LogP contribution in [0.2, 0.25) is 5.04 Å². The zero-order chi connectivity index (χ0) is 28.9. The summed E-state index contributed by atoms with van der Waals surface area (Å²) < 4.78 is 36.3. The summed E-state index contributed by atoms with van der Waals surface area (Å²) in [5.41, 5.74) is -0.905. The summed E-state index contributed by atoms with van der Waals surface area (Å²) in [6, 6.07) is 20.0. The molecule has 0 aliphatic heterocycles. The van der Waals surface area contributed by atoms with E-state index < -0.39 is 38.5 Å². The highest BCUT2D eigenvalue weighted by atomic mass is 28.4. The van der Waals surface area contributed by atoms with E-state index in [9.17, 15) is 9.59 Å². The molecule has 198 valence electrons. The number of carbonyl (C=O) groups is 2. The van der Waals surface area contributed by atoms with Crippen molar-refractivity contribution in [1.29, 1.82) is 0 Å². The van der Waals surface area contributed by atoms with Crippen LogP contribution < -0.4 is 10.4 Å². The summed E-state index contributed by atoms with van der Waals surface area (Å²) in [5.74, 6) is -0.966. The number of hydrogen-bond acceptors (Lipinski definition) is 6. The van der Waals surface area contributed by atoms with E-state index in [4.69, 9.17) is 16.6 Å². The highest BCUT2D eigenvalue weighted by molar-refractivity contribution is 6.99.